The zero-order chi connectivity index (χ0) is 10.9. The fourth-order valence-corrected chi connectivity index (χ4v) is 3.46. The average Bonchev–Trinajstić information content (AvgIpc) is 2.87. The van der Waals surface area contributed by atoms with Crippen molar-refractivity contribution in [2.45, 2.75) is 33.2 Å². The summed E-state index contributed by atoms with van der Waals surface area (Å²) in [6, 6.07) is 2.12. The lowest BCUT2D eigenvalue weighted by molar-refractivity contribution is 0.338. The highest BCUT2D eigenvalue weighted by Crippen LogP contribution is 2.51. The Labute approximate surface area is 104 Å². The van der Waals surface area contributed by atoms with E-state index in [1.807, 2.05) is 11.3 Å². The maximum atomic E-state index is 3.59. The Balaban J connectivity index is 1.78. The Morgan fingerprint density at radius 1 is 1.53 bits per heavy atom. The number of hydrogen-bond acceptors (Lipinski definition) is 2. The lowest BCUT2D eigenvalue weighted by atomic mass is 9.92. The topological polar surface area (TPSA) is 12.0 Å². The molecule has 0 spiro atoms. The average molecular weight is 288 g/mol. The van der Waals surface area contributed by atoms with Crippen LogP contribution in [0, 0.1) is 11.3 Å². The fraction of sp³-hybridized carbons (Fsp3) is 0.667. The van der Waals surface area contributed by atoms with E-state index in [0.29, 0.717) is 5.41 Å². The highest BCUT2D eigenvalue weighted by Gasteiger charge is 2.44. The summed E-state index contributed by atoms with van der Waals surface area (Å²) in [4.78, 5) is 1.41. The first-order chi connectivity index (χ1) is 7.14. The Bertz CT molecular complexity index is 328. The number of rotatable bonds is 5. The molecule has 0 bridgehead atoms. The van der Waals surface area contributed by atoms with Crippen LogP contribution in [0.3, 0.4) is 0 Å². The van der Waals surface area contributed by atoms with Crippen molar-refractivity contribution in [1.29, 1.82) is 0 Å². The molecule has 1 nitrogen and oxygen atoms in total. The summed E-state index contributed by atoms with van der Waals surface area (Å²) in [6.45, 7) is 6.87. The van der Waals surface area contributed by atoms with Gasteiger partial charge < -0.3 is 5.32 Å². The van der Waals surface area contributed by atoms with Crippen LogP contribution in [0.1, 0.15) is 31.6 Å². The lowest BCUT2D eigenvalue weighted by Gasteiger charge is -2.19. The summed E-state index contributed by atoms with van der Waals surface area (Å²) in [6.07, 6.45) is 2.81. The van der Waals surface area contributed by atoms with E-state index in [2.05, 4.69) is 46.5 Å². The molecule has 2 rings (SSSR count). The molecule has 0 radical (unpaired) electrons. The normalized spacial score (nSPS) is 18.4. The second kappa shape index (κ2) is 4.56. The van der Waals surface area contributed by atoms with E-state index in [1.54, 1.807) is 0 Å². The van der Waals surface area contributed by atoms with Gasteiger partial charge in [-0.05, 0) is 51.6 Å². The maximum absolute atomic E-state index is 3.59. The van der Waals surface area contributed by atoms with Gasteiger partial charge in [-0.25, -0.2) is 0 Å². The first-order valence-electron chi connectivity index (χ1n) is 5.57. The molecule has 1 aromatic rings. The molecule has 0 saturated heterocycles. The number of nitrogens with one attached hydrogen (secondary N) is 1. The molecule has 1 saturated carbocycles. The molecular formula is C12H18BrNS. The molecule has 1 fully saturated rings. The quantitative estimate of drug-likeness (QED) is 0.862. The van der Waals surface area contributed by atoms with Gasteiger partial charge >= 0.3 is 0 Å². The van der Waals surface area contributed by atoms with Gasteiger partial charge in [0.25, 0.3) is 0 Å². The van der Waals surface area contributed by atoms with Crippen LogP contribution in [0.25, 0.3) is 0 Å². The highest BCUT2D eigenvalue weighted by atomic mass is 79.9. The fourth-order valence-electron chi connectivity index (χ4n) is 2.00. The van der Waals surface area contributed by atoms with Crippen LogP contribution < -0.4 is 5.32 Å². The van der Waals surface area contributed by atoms with E-state index >= 15 is 0 Å². The largest absolute Gasteiger partial charge is 0.311 e. The third kappa shape index (κ3) is 2.63. The predicted octanol–water partition coefficient (Wildman–Crippen LogP) is 4.04. The molecule has 1 aromatic heterocycles. The van der Waals surface area contributed by atoms with Crippen molar-refractivity contribution >= 4 is 27.3 Å². The van der Waals surface area contributed by atoms with Crippen LogP contribution in [0.15, 0.2) is 15.9 Å². The first kappa shape index (κ1) is 11.6. The van der Waals surface area contributed by atoms with Gasteiger partial charge in [-0.3, -0.25) is 0 Å². The molecular weight excluding hydrogens is 270 g/mol. The minimum Gasteiger partial charge on any atom is -0.311 e. The van der Waals surface area contributed by atoms with Crippen molar-refractivity contribution in [3.8, 4) is 0 Å². The van der Waals surface area contributed by atoms with Crippen LogP contribution in [-0.4, -0.2) is 6.54 Å². The van der Waals surface area contributed by atoms with Gasteiger partial charge in [0.05, 0.1) is 0 Å². The smallest absolute Gasteiger partial charge is 0.0327 e. The second-order valence-corrected chi connectivity index (χ2v) is 6.67. The zero-order valence-corrected chi connectivity index (χ0v) is 11.7. The molecule has 1 heterocycles. The van der Waals surface area contributed by atoms with Gasteiger partial charge in [-0.2, -0.15) is 0 Å². The van der Waals surface area contributed by atoms with Crippen molar-refractivity contribution in [1.82, 2.24) is 5.32 Å². The predicted molar refractivity (Wildman–Crippen MR) is 70.2 cm³/mol. The molecule has 0 aromatic carbocycles. The second-order valence-electron chi connectivity index (χ2n) is 4.81. The molecule has 0 unspecified atom stereocenters. The highest BCUT2D eigenvalue weighted by molar-refractivity contribution is 9.10. The monoisotopic (exact) mass is 287 g/mol. The number of hydrogen-bond donors (Lipinski definition) is 1. The SMILES string of the molecule is CC(C)C1(CNCc2sccc2Br)CC1. The third-order valence-corrected chi connectivity index (χ3v) is 5.50. The molecule has 1 aliphatic carbocycles. The van der Waals surface area contributed by atoms with E-state index in [4.69, 9.17) is 0 Å². The first-order valence-corrected chi connectivity index (χ1v) is 7.24. The summed E-state index contributed by atoms with van der Waals surface area (Å²) < 4.78 is 1.24. The number of halogens is 1. The van der Waals surface area contributed by atoms with Gasteiger partial charge in [0.15, 0.2) is 0 Å². The van der Waals surface area contributed by atoms with E-state index in [9.17, 15) is 0 Å². The van der Waals surface area contributed by atoms with Crippen molar-refractivity contribution in [3.63, 3.8) is 0 Å². The van der Waals surface area contributed by atoms with Crippen LogP contribution in [-0.2, 0) is 6.54 Å². The molecule has 84 valence electrons. The number of thiophene rings is 1. The van der Waals surface area contributed by atoms with Crippen molar-refractivity contribution < 1.29 is 0 Å². The Morgan fingerprint density at radius 3 is 2.73 bits per heavy atom. The van der Waals surface area contributed by atoms with E-state index < -0.39 is 0 Å². The molecule has 15 heavy (non-hydrogen) atoms. The summed E-state index contributed by atoms with van der Waals surface area (Å²) >= 11 is 5.38. The minimum absolute atomic E-state index is 0.615. The molecule has 3 heteroatoms. The summed E-state index contributed by atoms with van der Waals surface area (Å²) in [5.41, 5.74) is 0.615. The lowest BCUT2D eigenvalue weighted by Crippen LogP contribution is -2.27. The van der Waals surface area contributed by atoms with Gasteiger partial charge in [-0.1, -0.05) is 13.8 Å². The van der Waals surface area contributed by atoms with Crippen molar-refractivity contribution in [3.05, 3.63) is 20.8 Å². The van der Waals surface area contributed by atoms with Gasteiger partial charge in [-0.15, -0.1) is 11.3 Å². The third-order valence-electron chi connectivity index (χ3n) is 3.57. The van der Waals surface area contributed by atoms with E-state index in [0.717, 1.165) is 12.5 Å². The summed E-state index contributed by atoms with van der Waals surface area (Å²) in [5.74, 6) is 0.816. The summed E-state index contributed by atoms with van der Waals surface area (Å²) in [7, 11) is 0. The summed E-state index contributed by atoms with van der Waals surface area (Å²) in [5, 5.41) is 5.73. The molecule has 1 N–H and O–H groups in total. The van der Waals surface area contributed by atoms with Gasteiger partial charge in [0.2, 0.25) is 0 Å². The zero-order valence-electron chi connectivity index (χ0n) is 9.35. The molecule has 0 atom stereocenters. The Hall–Kier alpha value is 0.140. The minimum atomic E-state index is 0.615. The van der Waals surface area contributed by atoms with Crippen LogP contribution in [0.5, 0.6) is 0 Å². The van der Waals surface area contributed by atoms with Gasteiger partial charge in [0, 0.05) is 22.4 Å². The molecule has 0 amide bonds. The Morgan fingerprint density at radius 2 is 2.27 bits per heavy atom. The molecule has 0 aliphatic heterocycles. The van der Waals surface area contributed by atoms with Crippen LogP contribution >= 0.6 is 27.3 Å². The molecule has 1 aliphatic rings. The van der Waals surface area contributed by atoms with Crippen molar-refractivity contribution in [2.24, 2.45) is 11.3 Å². The van der Waals surface area contributed by atoms with E-state index in [1.165, 1.54) is 28.7 Å². The van der Waals surface area contributed by atoms with E-state index in [-0.39, 0.29) is 0 Å². The van der Waals surface area contributed by atoms with Crippen molar-refractivity contribution in [2.75, 3.05) is 6.54 Å². The Kier molecular flexibility index (Phi) is 3.53. The van der Waals surface area contributed by atoms with Crippen LogP contribution in [0.2, 0.25) is 0 Å². The standard InChI is InChI=1S/C12H18BrNS/c1-9(2)12(4-5-12)8-14-7-11-10(13)3-6-15-11/h3,6,9,14H,4-5,7-8H2,1-2H3. The maximum Gasteiger partial charge on any atom is 0.0327 e. The van der Waals surface area contributed by atoms with Crippen LogP contribution in [0.4, 0.5) is 0 Å². The van der Waals surface area contributed by atoms with Gasteiger partial charge in [0.1, 0.15) is 0 Å².